The van der Waals surface area contributed by atoms with Gasteiger partial charge in [-0.15, -0.1) is 0 Å². The lowest BCUT2D eigenvalue weighted by Crippen LogP contribution is -2.11. The Morgan fingerprint density at radius 1 is 0.955 bits per heavy atom. The van der Waals surface area contributed by atoms with Gasteiger partial charge in [-0.1, -0.05) is 87.1 Å². The van der Waals surface area contributed by atoms with Crippen LogP contribution in [-0.4, -0.2) is 5.17 Å². The van der Waals surface area contributed by atoms with Gasteiger partial charge in [-0.2, -0.15) is 0 Å². The van der Waals surface area contributed by atoms with Gasteiger partial charge in [0.15, 0.2) is 5.17 Å². The molecule has 22 heavy (non-hydrogen) atoms. The predicted molar refractivity (Wildman–Crippen MR) is 98.2 cm³/mol. The Bertz CT molecular complexity index is 610. The third kappa shape index (κ3) is 5.23. The van der Waals surface area contributed by atoms with Crippen molar-refractivity contribution in [1.29, 1.82) is 0 Å². The van der Waals surface area contributed by atoms with E-state index in [0.717, 1.165) is 5.75 Å². The van der Waals surface area contributed by atoms with Crippen molar-refractivity contribution in [3.05, 3.63) is 71.3 Å². The molecule has 0 saturated carbocycles. The van der Waals surface area contributed by atoms with Crippen LogP contribution in [0.1, 0.15) is 37.5 Å². The summed E-state index contributed by atoms with van der Waals surface area (Å²) in [5, 5.41) is 0.642. The van der Waals surface area contributed by atoms with E-state index in [-0.39, 0.29) is 5.41 Å². The third-order valence-corrected chi connectivity index (χ3v) is 4.37. The molecule has 0 unspecified atom stereocenters. The summed E-state index contributed by atoms with van der Waals surface area (Å²) in [7, 11) is 0. The van der Waals surface area contributed by atoms with Gasteiger partial charge in [0, 0.05) is 5.75 Å². The van der Waals surface area contributed by atoms with Gasteiger partial charge in [-0.05, 0) is 22.1 Å². The van der Waals surface area contributed by atoms with E-state index in [1.54, 1.807) is 11.8 Å². The van der Waals surface area contributed by atoms with Crippen molar-refractivity contribution in [2.45, 2.75) is 38.5 Å². The summed E-state index contributed by atoms with van der Waals surface area (Å²) >= 11 is 1.59. The average molecular weight is 312 g/mol. The number of aliphatic imine (C=N–C) groups is 1. The number of rotatable bonds is 4. The van der Waals surface area contributed by atoms with Gasteiger partial charge < -0.3 is 5.73 Å². The molecule has 2 aromatic rings. The minimum absolute atomic E-state index is 0.196. The lowest BCUT2D eigenvalue weighted by molar-refractivity contribution is 0.590. The standard InChI is InChI=1S/C19H24N2S/c1-19(2,3)17-11-9-16(10-12-17)14-22-18(20)21-13-15-7-5-4-6-8-15/h4-12H,13-14H2,1-3H3,(H2,20,21). The van der Waals surface area contributed by atoms with E-state index in [9.17, 15) is 0 Å². The summed E-state index contributed by atoms with van der Waals surface area (Å²) in [6.45, 7) is 7.32. The molecule has 0 aromatic heterocycles. The van der Waals surface area contributed by atoms with Gasteiger partial charge in [0.25, 0.3) is 0 Å². The molecule has 2 nitrogen and oxygen atoms in total. The Morgan fingerprint density at radius 2 is 1.59 bits per heavy atom. The molecule has 0 aliphatic carbocycles. The molecule has 0 heterocycles. The highest BCUT2D eigenvalue weighted by Gasteiger charge is 2.12. The minimum Gasteiger partial charge on any atom is -0.379 e. The summed E-state index contributed by atoms with van der Waals surface area (Å²) in [6, 6.07) is 18.9. The highest BCUT2D eigenvalue weighted by molar-refractivity contribution is 8.13. The fourth-order valence-corrected chi connectivity index (χ4v) is 2.72. The van der Waals surface area contributed by atoms with Crippen LogP contribution < -0.4 is 5.73 Å². The molecule has 2 aromatic carbocycles. The number of benzene rings is 2. The molecular formula is C19H24N2S. The molecule has 0 bridgehead atoms. The third-order valence-electron chi connectivity index (χ3n) is 3.47. The largest absolute Gasteiger partial charge is 0.379 e. The number of nitrogens with two attached hydrogens (primary N) is 1. The summed E-state index contributed by atoms with van der Waals surface area (Å²) in [5.41, 5.74) is 9.99. The molecule has 0 atom stereocenters. The first-order valence-corrected chi connectivity index (χ1v) is 8.50. The monoisotopic (exact) mass is 312 g/mol. The maximum absolute atomic E-state index is 5.98. The van der Waals surface area contributed by atoms with Gasteiger partial charge in [0.2, 0.25) is 0 Å². The Labute approximate surface area is 137 Å². The van der Waals surface area contributed by atoms with E-state index >= 15 is 0 Å². The Morgan fingerprint density at radius 3 is 2.18 bits per heavy atom. The molecule has 0 aliphatic heterocycles. The van der Waals surface area contributed by atoms with Crippen molar-refractivity contribution in [2.24, 2.45) is 10.7 Å². The smallest absolute Gasteiger partial charge is 0.154 e. The fraction of sp³-hybridized carbons (Fsp3) is 0.316. The molecule has 2 rings (SSSR count). The second-order valence-electron chi connectivity index (χ2n) is 6.38. The van der Waals surface area contributed by atoms with Crippen LogP contribution in [0.15, 0.2) is 59.6 Å². The lowest BCUT2D eigenvalue weighted by atomic mass is 9.87. The topological polar surface area (TPSA) is 38.4 Å². The predicted octanol–water partition coefficient (Wildman–Crippen LogP) is 4.73. The van der Waals surface area contributed by atoms with Crippen LogP contribution in [0.2, 0.25) is 0 Å². The van der Waals surface area contributed by atoms with Gasteiger partial charge in [0.05, 0.1) is 6.54 Å². The summed E-state index contributed by atoms with van der Waals surface area (Å²) < 4.78 is 0. The normalized spacial score (nSPS) is 12.4. The Balaban J connectivity index is 1.87. The Kier molecular flexibility index (Phi) is 5.67. The van der Waals surface area contributed by atoms with E-state index in [0.29, 0.717) is 11.7 Å². The number of thioether (sulfide) groups is 1. The number of amidine groups is 1. The van der Waals surface area contributed by atoms with Crippen LogP contribution in [0, 0.1) is 0 Å². The zero-order valence-corrected chi connectivity index (χ0v) is 14.4. The van der Waals surface area contributed by atoms with Crippen molar-refractivity contribution in [3.8, 4) is 0 Å². The fourth-order valence-electron chi connectivity index (χ4n) is 2.06. The van der Waals surface area contributed by atoms with Gasteiger partial charge in [-0.25, -0.2) is 0 Å². The maximum Gasteiger partial charge on any atom is 0.154 e. The maximum atomic E-state index is 5.98. The van der Waals surface area contributed by atoms with Crippen molar-refractivity contribution >= 4 is 16.9 Å². The molecule has 116 valence electrons. The molecule has 0 aliphatic rings. The van der Waals surface area contributed by atoms with Crippen LogP contribution in [0.5, 0.6) is 0 Å². The quantitative estimate of drug-likeness (QED) is 0.654. The molecule has 0 radical (unpaired) electrons. The first-order chi connectivity index (χ1) is 10.4. The van der Waals surface area contributed by atoms with Crippen molar-refractivity contribution in [1.82, 2.24) is 0 Å². The summed E-state index contributed by atoms with van der Waals surface area (Å²) in [4.78, 5) is 4.42. The molecule has 0 fully saturated rings. The van der Waals surface area contributed by atoms with Gasteiger partial charge in [0.1, 0.15) is 0 Å². The summed E-state index contributed by atoms with van der Waals surface area (Å²) in [5.74, 6) is 0.856. The molecule has 0 amide bonds. The second kappa shape index (κ2) is 7.50. The first-order valence-electron chi connectivity index (χ1n) is 7.51. The molecule has 0 saturated heterocycles. The van der Waals surface area contributed by atoms with Gasteiger partial charge >= 0.3 is 0 Å². The van der Waals surface area contributed by atoms with Crippen LogP contribution in [0.25, 0.3) is 0 Å². The van der Waals surface area contributed by atoms with Crippen LogP contribution in [0.4, 0.5) is 0 Å². The minimum atomic E-state index is 0.196. The molecule has 2 N–H and O–H groups in total. The van der Waals surface area contributed by atoms with E-state index in [1.807, 2.05) is 18.2 Å². The number of hydrogen-bond donors (Lipinski definition) is 1. The zero-order valence-electron chi connectivity index (χ0n) is 13.5. The molecule has 0 spiro atoms. The van der Waals surface area contributed by atoms with E-state index in [1.165, 1.54) is 16.7 Å². The van der Waals surface area contributed by atoms with Crippen LogP contribution >= 0.6 is 11.8 Å². The number of hydrogen-bond acceptors (Lipinski definition) is 2. The molecule has 3 heteroatoms. The highest BCUT2D eigenvalue weighted by Crippen LogP contribution is 2.23. The van der Waals surface area contributed by atoms with Gasteiger partial charge in [-0.3, -0.25) is 4.99 Å². The number of nitrogens with zero attached hydrogens (tertiary/aromatic N) is 1. The van der Waals surface area contributed by atoms with E-state index in [2.05, 4.69) is 62.2 Å². The summed E-state index contributed by atoms with van der Waals surface area (Å²) in [6.07, 6.45) is 0. The van der Waals surface area contributed by atoms with Crippen molar-refractivity contribution in [3.63, 3.8) is 0 Å². The molecular weight excluding hydrogens is 288 g/mol. The lowest BCUT2D eigenvalue weighted by Gasteiger charge is -2.19. The average Bonchev–Trinajstić information content (AvgIpc) is 2.51. The Hall–Kier alpha value is -1.74. The second-order valence-corrected chi connectivity index (χ2v) is 7.37. The first kappa shape index (κ1) is 16.6. The van der Waals surface area contributed by atoms with Crippen molar-refractivity contribution < 1.29 is 0 Å². The van der Waals surface area contributed by atoms with E-state index in [4.69, 9.17) is 5.73 Å². The van der Waals surface area contributed by atoms with Crippen LogP contribution in [-0.2, 0) is 17.7 Å². The van der Waals surface area contributed by atoms with Crippen molar-refractivity contribution in [2.75, 3.05) is 0 Å². The van der Waals surface area contributed by atoms with E-state index < -0.39 is 0 Å². The van der Waals surface area contributed by atoms with Crippen LogP contribution in [0.3, 0.4) is 0 Å². The SMILES string of the molecule is CC(C)(C)c1ccc(CSC(N)=NCc2ccccc2)cc1. The zero-order chi connectivity index (χ0) is 16.0. The highest BCUT2D eigenvalue weighted by atomic mass is 32.2.